The van der Waals surface area contributed by atoms with Crippen molar-refractivity contribution in [2.75, 3.05) is 18.5 Å². The van der Waals surface area contributed by atoms with Gasteiger partial charge in [-0.1, -0.05) is 30.9 Å². The topological polar surface area (TPSA) is 47.6 Å². The predicted octanol–water partition coefficient (Wildman–Crippen LogP) is 3.63. The van der Waals surface area contributed by atoms with Crippen LogP contribution < -0.4 is 14.8 Å². The summed E-state index contributed by atoms with van der Waals surface area (Å²) in [5, 5.41) is 3.41. The summed E-state index contributed by atoms with van der Waals surface area (Å²) in [6.45, 7) is 1.04. The number of hydrogen-bond donors (Lipinski definition) is 1. The number of amides is 1. The van der Waals surface area contributed by atoms with Gasteiger partial charge >= 0.3 is 0 Å². The minimum atomic E-state index is 0.0586. The number of rotatable bonds is 2. The Labute approximate surface area is 123 Å². The van der Waals surface area contributed by atoms with Crippen molar-refractivity contribution in [3.05, 3.63) is 17.2 Å². The van der Waals surface area contributed by atoms with Crippen molar-refractivity contribution in [3.63, 3.8) is 0 Å². The zero-order valence-corrected chi connectivity index (χ0v) is 12.0. The maximum atomic E-state index is 12.2. The second-order valence-electron chi connectivity index (χ2n) is 5.30. The highest BCUT2D eigenvalue weighted by molar-refractivity contribution is 6.34. The SMILES string of the molecule is O=C(Nc1cc2c(cc1Cl)OCCO2)C1CCCCC1. The van der Waals surface area contributed by atoms with Crippen LogP contribution >= 0.6 is 11.6 Å². The van der Waals surface area contributed by atoms with E-state index in [0.29, 0.717) is 35.4 Å². The summed E-state index contributed by atoms with van der Waals surface area (Å²) in [7, 11) is 0. The molecule has 0 radical (unpaired) electrons. The third-order valence-electron chi connectivity index (χ3n) is 3.87. The van der Waals surface area contributed by atoms with Gasteiger partial charge in [0.15, 0.2) is 11.5 Å². The van der Waals surface area contributed by atoms with Crippen molar-refractivity contribution >= 4 is 23.2 Å². The molecule has 0 atom stereocenters. The van der Waals surface area contributed by atoms with E-state index in [1.54, 1.807) is 12.1 Å². The zero-order valence-electron chi connectivity index (χ0n) is 11.3. The summed E-state index contributed by atoms with van der Waals surface area (Å²) in [5.74, 6) is 1.44. The molecule has 1 amide bonds. The first-order valence-electron chi connectivity index (χ1n) is 7.14. The number of carbonyl (C=O) groups excluding carboxylic acids is 1. The average Bonchev–Trinajstić information content (AvgIpc) is 2.49. The minimum Gasteiger partial charge on any atom is -0.486 e. The lowest BCUT2D eigenvalue weighted by atomic mass is 9.88. The molecule has 0 spiro atoms. The lowest BCUT2D eigenvalue weighted by molar-refractivity contribution is -0.120. The number of benzene rings is 1. The molecule has 1 fully saturated rings. The Morgan fingerprint density at radius 2 is 1.75 bits per heavy atom. The highest BCUT2D eigenvalue weighted by Crippen LogP contribution is 2.38. The Hall–Kier alpha value is -1.42. The third-order valence-corrected chi connectivity index (χ3v) is 4.18. The van der Waals surface area contributed by atoms with Gasteiger partial charge in [-0.15, -0.1) is 0 Å². The largest absolute Gasteiger partial charge is 0.486 e. The van der Waals surface area contributed by atoms with Crippen LogP contribution in [-0.4, -0.2) is 19.1 Å². The Morgan fingerprint density at radius 3 is 2.45 bits per heavy atom. The van der Waals surface area contributed by atoms with E-state index >= 15 is 0 Å². The molecule has 0 unspecified atom stereocenters. The maximum Gasteiger partial charge on any atom is 0.227 e. The molecule has 3 rings (SSSR count). The van der Waals surface area contributed by atoms with Gasteiger partial charge in [-0.2, -0.15) is 0 Å². The molecule has 0 aromatic heterocycles. The molecule has 1 N–H and O–H groups in total. The fourth-order valence-corrected chi connectivity index (χ4v) is 2.96. The quantitative estimate of drug-likeness (QED) is 0.906. The second-order valence-corrected chi connectivity index (χ2v) is 5.71. The molecule has 1 aromatic rings. The molecule has 0 bridgehead atoms. The van der Waals surface area contributed by atoms with Gasteiger partial charge in [-0.05, 0) is 12.8 Å². The molecule has 1 saturated carbocycles. The molecule has 0 saturated heterocycles. The smallest absolute Gasteiger partial charge is 0.227 e. The monoisotopic (exact) mass is 295 g/mol. The third kappa shape index (κ3) is 2.85. The highest BCUT2D eigenvalue weighted by Gasteiger charge is 2.23. The van der Waals surface area contributed by atoms with Crippen LogP contribution in [-0.2, 0) is 4.79 Å². The van der Waals surface area contributed by atoms with Gasteiger partial charge < -0.3 is 14.8 Å². The van der Waals surface area contributed by atoms with E-state index in [2.05, 4.69) is 5.32 Å². The Kier molecular flexibility index (Phi) is 4.01. The van der Waals surface area contributed by atoms with Gasteiger partial charge in [0, 0.05) is 18.1 Å². The Bertz CT molecular complexity index is 512. The number of hydrogen-bond acceptors (Lipinski definition) is 3. The summed E-state index contributed by atoms with van der Waals surface area (Å²) in [6.07, 6.45) is 5.43. The van der Waals surface area contributed by atoms with E-state index in [0.717, 1.165) is 25.7 Å². The van der Waals surface area contributed by atoms with Crippen LogP contribution in [0.5, 0.6) is 11.5 Å². The minimum absolute atomic E-state index is 0.0586. The number of ether oxygens (including phenoxy) is 2. The van der Waals surface area contributed by atoms with Crippen LogP contribution in [0.1, 0.15) is 32.1 Å². The van der Waals surface area contributed by atoms with E-state index < -0.39 is 0 Å². The van der Waals surface area contributed by atoms with Crippen LogP contribution in [0, 0.1) is 5.92 Å². The molecule has 1 aliphatic carbocycles. The summed E-state index contributed by atoms with van der Waals surface area (Å²) in [6, 6.07) is 3.45. The number of nitrogens with one attached hydrogen (secondary N) is 1. The van der Waals surface area contributed by atoms with Gasteiger partial charge in [0.1, 0.15) is 13.2 Å². The van der Waals surface area contributed by atoms with Gasteiger partial charge in [-0.3, -0.25) is 4.79 Å². The van der Waals surface area contributed by atoms with Crippen molar-refractivity contribution in [2.45, 2.75) is 32.1 Å². The van der Waals surface area contributed by atoms with Gasteiger partial charge in [0.2, 0.25) is 5.91 Å². The lowest BCUT2D eigenvalue weighted by Crippen LogP contribution is -2.25. The molecule has 4 nitrogen and oxygen atoms in total. The van der Waals surface area contributed by atoms with E-state index in [1.165, 1.54) is 6.42 Å². The molecule has 1 heterocycles. The van der Waals surface area contributed by atoms with Crippen molar-refractivity contribution in [3.8, 4) is 11.5 Å². The van der Waals surface area contributed by atoms with E-state index in [4.69, 9.17) is 21.1 Å². The number of halogens is 1. The molecule has 1 aliphatic heterocycles. The Morgan fingerprint density at radius 1 is 1.10 bits per heavy atom. The van der Waals surface area contributed by atoms with E-state index in [1.807, 2.05) is 0 Å². The second kappa shape index (κ2) is 5.92. The van der Waals surface area contributed by atoms with Gasteiger partial charge in [0.25, 0.3) is 0 Å². The number of carbonyl (C=O) groups is 1. The normalized spacial score (nSPS) is 18.6. The first kappa shape index (κ1) is 13.6. The van der Waals surface area contributed by atoms with Gasteiger partial charge in [0.05, 0.1) is 10.7 Å². The van der Waals surface area contributed by atoms with Crippen LogP contribution in [0.25, 0.3) is 0 Å². The molecular formula is C15H18ClNO3. The Balaban J connectivity index is 1.74. The molecule has 1 aromatic carbocycles. The van der Waals surface area contributed by atoms with E-state index in [9.17, 15) is 4.79 Å². The van der Waals surface area contributed by atoms with Crippen LogP contribution in [0.15, 0.2) is 12.1 Å². The van der Waals surface area contributed by atoms with Crippen molar-refractivity contribution < 1.29 is 14.3 Å². The van der Waals surface area contributed by atoms with Crippen LogP contribution in [0.2, 0.25) is 5.02 Å². The standard InChI is InChI=1S/C15H18ClNO3/c16-11-8-13-14(20-7-6-19-13)9-12(11)17-15(18)10-4-2-1-3-5-10/h8-10H,1-7H2,(H,17,18). The zero-order chi connectivity index (χ0) is 13.9. The fraction of sp³-hybridized carbons (Fsp3) is 0.533. The van der Waals surface area contributed by atoms with E-state index in [-0.39, 0.29) is 11.8 Å². The average molecular weight is 296 g/mol. The number of fused-ring (bicyclic) bond motifs is 1. The van der Waals surface area contributed by atoms with Crippen molar-refractivity contribution in [1.82, 2.24) is 0 Å². The summed E-state index contributed by atoms with van der Waals surface area (Å²) < 4.78 is 11.0. The number of anilines is 1. The predicted molar refractivity (Wildman–Crippen MR) is 77.6 cm³/mol. The maximum absolute atomic E-state index is 12.2. The van der Waals surface area contributed by atoms with Crippen molar-refractivity contribution in [2.24, 2.45) is 5.92 Å². The van der Waals surface area contributed by atoms with Crippen molar-refractivity contribution in [1.29, 1.82) is 0 Å². The first-order valence-corrected chi connectivity index (χ1v) is 7.52. The molecule has 20 heavy (non-hydrogen) atoms. The first-order chi connectivity index (χ1) is 9.74. The fourth-order valence-electron chi connectivity index (χ4n) is 2.76. The molecule has 5 heteroatoms. The molecule has 2 aliphatic rings. The molecule has 108 valence electrons. The highest BCUT2D eigenvalue weighted by atomic mass is 35.5. The van der Waals surface area contributed by atoms with Crippen LogP contribution in [0.3, 0.4) is 0 Å². The lowest BCUT2D eigenvalue weighted by Gasteiger charge is -2.23. The van der Waals surface area contributed by atoms with Crippen LogP contribution in [0.4, 0.5) is 5.69 Å². The summed E-state index contributed by atoms with van der Waals surface area (Å²) in [5.41, 5.74) is 0.603. The summed E-state index contributed by atoms with van der Waals surface area (Å²) in [4.78, 5) is 12.2. The summed E-state index contributed by atoms with van der Waals surface area (Å²) >= 11 is 6.19. The van der Waals surface area contributed by atoms with Gasteiger partial charge in [-0.25, -0.2) is 0 Å². The molecular weight excluding hydrogens is 278 g/mol.